The highest BCUT2D eigenvalue weighted by Gasteiger charge is 2.47. The highest BCUT2D eigenvalue weighted by atomic mass is 19.1. The number of amides is 1. The van der Waals surface area contributed by atoms with Crippen LogP contribution in [0.25, 0.3) is 34.0 Å². The first-order valence-electron chi connectivity index (χ1n) is 12.4. The van der Waals surface area contributed by atoms with E-state index in [4.69, 9.17) is 4.52 Å². The molecule has 2 N–H and O–H groups in total. The molecule has 0 aliphatic carbocycles. The number of aromatic nitrogens is 2. The van der Waals surface area contributed by atoms with Crippen LogP contribution in [-0.4, -0.2) is 52.2 Å². The molecule has 1 aliphatic rings. The van der Waals surface area contributed by atoms with Gasteiger partial charge in [-0.05, 0) is 36.1 Å². The number of nitrogens with zero attached hydrogens (tertiary/aromatic N) is 3. The molecule has 8 nitrogen and oxygen atoms in total. The molecule has 0 bridgehead atoms. The SMILES string of the molecule is CNC(=O)C1(C(=O)O)CCN(Cc2ccc(-c3noc(-c4ccc(-c5ccccc5)c(F)c4)n3)cc2)CC1. The van der Waals surface area contributed by atoms with Crippen molar-refractivity contribution in [2.75, 3.05) is 20.1 Å². The molecule has 5 rings (SSSR count). The van der Waals surface area contributed by atoms with Crippen LogP contribution < -0.4 is 5.32 Å². The number of carbonyl (C=O) groups is 2. The van der Waals surface area contributed by atoms with E-state index >= 15 is 0 Å². The molecule has 194 valence electrons. The van der Waals surface area contributed by atoms with Gasteiger partial charge in [-0.15, -0.1) is 0 Å². The summed E-state index contributed by atoms with van der Waals surface area (Å²) in [6, 6.07) is 21.9. The lowest BCUT2D eigenvalue weighted by Gasteiger charge is -2.37. The summed E-state index contributed by atoms with van der Waals surface area (Å²) >= 11 is 0. The van der Waals surface area contributed by atoms with Crippen molar-refractivity contribution in [3.63, 3.8) is 0 Å². The van der Waals surface area contributed by atoms with Crippen molar-refractivity contribution in [2.45, 2.75) is 19.4 Å². The predicted octanol–water partition coefficient (Wildman–Crippen LogP) is 4.62. The van der Waals surface area contributed by atoms with Crippen molar-refractivity contribution in [3.8, 4) is 34.0 Å². The van der Waals surface area contributed by atoms with Gasteiger partial charge in [0.2, 0.25) is 11.7 Å². The number of rotatable bonds is 7. The fourth-order valence-electron chi connectivity index (χ4n) is 4.85. The first-order chi connectivity index (χ1) is 18.4. The Kier molecular flexibility index (Phi) is 7.02. The average molecular weight is 515 g/mol. The van der Waals surface area contributed by atoms with E-state index in [0.29, 0.717) is 36.6 Å². The minimum absolute atomic E-state index is 0.230. The van der Waals surface area contributed by atoms with Crippen molar-refractivity contribution in [2.24, 2.45) is 5.41 Å². The van der Waals surface area contributed by atoms with E-state index in [9.17, 15) is 19.1 Å². The molecule has 3 aromatic carbocycles. The van der Waals surface area contributed by atoms with Crippen molar-refractivity contribution < 1.29 is 23.6 Å². The molecule has 9 heteroatoms. The maximum atomic E-state index is 14.8. The second kappa shape index (κ2) is 10.5. The summed E-state index contributed by atoms with van der Waals surface area (Å²) in [6.07, 6.45) is 0.525. The molecule has 1 saturated heterocycles. The summed E-state index contributed by atoms with van der Waals surface area (Å²) < 4.78 is 20.2. The van der Waals surface area contributed by atoms with Gasteiger partial charge in [0.1, 0.15) is 11.2 Å². The number of hydrogen-bond donors (Lipinski definition) is 2. The van der Waals surface area contributed by atoms with Crippen LogP contribution in [0.15, 0.2) is 77.3 Å². The third-order valence-electron chi connectivity index (χ3n) is 7.13. The number of aliphatic carboxylic acids is 1. The molecule has 38 heavy (non-hydrogen) atoms. The lowest BCUT2D eigenvalue weighted by Crippen LogP contribution is -2.52. The largest absolute Gasteiger partial charge is 0.480 e. The number of carboxylic acids is 1. The number of piperidine rings is 1. The van der Waals surface area contributed by atoms with Crippen LogP contribution in [0.1, 0.15) is 18.4 Å². The predicted molar refractivity (Wildman–Crippen MR) is 139 cm³/mol. The van der Waals surface area contributed by atoms with Crippen LogP contribution >= 0.6 is 0 Å². The second-order valence-electron chi connectivity index (χ2n) is 9.42. The van der Waals surface area contributed by atoms with E-state index in [2.05, 4.69) is 20.4 Å². The van der Waals surface area contributed by atoms with E-state index in [1.807, 2.05) is 54.6 Å². The summed E-state index contributed by atoms with van der Waals surface area (Å²) in [4.78, 5) is 30.6. The van der Waals surface area contributed by atoms with E-state index in [-0.39, 0.29) is 24.5 Å². The Morgan fingerprint density at radius 3 is 2.32 bits per heavy atom. The molecule has 0 radical (unpaired) electrons. The van der Waals surface area contributed by atoms with Crippen molar-refractivity contribution in [3.05, 3.63) is 84.2 Å². The Labute approximate surface area is 219 Å². The van der Waals surface area contributed by atoms with Crippen LogP contribution in [0.5, 0.6) is 0 Å². The van der Waals surface area contributed by atoms with E-state index < -0.39 is 17.3 Å². The highest BCUT2D eigenvalue weighted by Crippen LogP contribution is 2.33. The summed E-state index contributed by atoms with van der Waals surface area (Å²) in [6.45, 7) is 1.65. The average Bonchev–Trinajstić information content (AvgIpc) is 3.44. The van der Waals surface area contributed by atoms with Crippen molar-refractivity contribution >= 4 is 11.9 Å². The van der Waals surface area contributed by atoms with Crippen LogP contribution in [0.3, 0.4) is 0 Å². The summed E-state index contributed by atoms with van der Waals surface area (Å²) in [5.74, 6) is -1.26. The zero-order chi connectivity index (χ0) is 26.7. The molecular formula is C29H27FN4O4. The van der Waals surface area contributed by atoms with Crippen LogP contribution in [0.2, 0.25) is 0 Å². The molecule has 1 aliphatic heterocycles. The van der Waals surface area contributed by atoms with Gasteiger partial charge in [0.05, 0.1) is 0 Å². The van der Waals surface area contributed by atoms with Gasteiger partial charge in [0.15, 0.2) is 0 Å². The van der Waals surface area contributed by atoms with Gasteiger partial charge in [0, 0.05) is 43.4 Å². The Hall–Kier alpha value is -4.37. The molecule has 1 fully saturated rings. The fraction of sp³-hybridized carbons (Fsp3) is 0.241. The summed E-state index contributed by atoms with van der Waals surface area (Å²) in [5.41, 5.74) is 2.22. The van der Waals surface area contributed by atoms with E-state index in [1.165, 1.54) is 13.1 Å². The zero-order valence-electron chi connectivity index (χ0n) is 20.9. The van der Waals surface area contributed by atoms with Gasteiger partial charge < -0.3 is 14.9 Å². The van der Waals surface area contributed by atoms with E-state index in [1.54, 1.807) is 12.1 Å². The molecule has 1 aromatic heterocycles. The first-order valence-corrected chi connectivity index (χ1v) is 12.4. The number of halogens is 1. The first kappa shape index (κ1) is 25.3. The van der Waals surface area contributed by atoms with Crippen molar-refractivity contribution in [1.82, 2.24) is 20.4 Å². The summed E-state index contributed by atoms with van der Waals surface area (Å²) in [7, 11) is 1.47. The Bertz CT molecular complexity index is 1450. The fourth-order valence-corrected chi connectivity index (χ4v) is 4.85. The second-order valence-corrected chi connectivity index (χ2v) is 9.42. The smallest absolute Gasteiger partial charge is 0.319 e. The lowest BCUT2D eigenvalue weighted by atomic mass is 9.77. The normalized spacial score (nSPS) is 15.2. The van der Waals surface area contributed by atoms with Crippen LogP contribution in [0, 0.1) is 11.2 Å². The molecule has 0 saturated carbocycles. The number of carboxylic acid groups (broad SMARTS) is 1. The number of nitrogens with one attached hydrogen (secondary N) is 1. The molecule has 0 unspecified atom stereocenters. The zero-order valence-corrected chi connectivity index (χ0v) is 20.9. The van der Waals surface area contributed by atoms with E-state index in [0.717, 1.165) is 16.7 Å². The third kappa shape index (κ3) is 4.92. The maximum absolute atomic E-state index is 14.8. The summed E-state index contributed by atoms with van der Waals surface area (Å²) in [5, 5.41) is 16.2. The Balaban J connectivity index is 1.24. The standard InChI is InChI=1S/C29H27FN4O4/c1-31-27(35)29(28(36)37)13-15-34(16-14-29)18-19-7-9-21(10-8-19)25-32-26(38-33-25)22-11-12-23(24(30)17-22)20-5-3-2-4-6-20/h2-12,17H,13-16,18H2,1H3,(H,31,35)(H,36,37). The van der Waals surface area contributed by atoms with Gasteiger partial charge in [-0.1, -0.05) is 65.8 Å². The maximum Gasteiger partial charge on any atom is 0.319 e. The minimum atomic E-state index is -1.36. The topological polar surface area (TPSA) is 109 Å². The Morgan fingerprint density at radius 1 is 1.00 bits per heavy atom. The third-order valence-corrected chi connectivity index (χ3v) is 7.13. The van der Waals surface area contributed by atoms with Gasteiger partial charge in [-0.3, -0.25) is 14.5 Å². The molecule has 4 aromatic rings. The number of benzene rings is 3. The molecule has 0 spiro atoms. The molecule has 0 atom stereocenters. The van der Waals surface area contributed by atoms with Crippen molar-refractivity contribution in [1.29, 1.82) is 0 Å². The van der Waals surface area contributed by atoms with Gasteiger partial charge >= 0.3 is 5.97 Å². The van der Waals surface area contributed by atoms with Gasteiger partial charge in [-0.2, -0.15) is 4.98 Å². The quantitative estimate of drug-likeness (QED) is 0.346. The Morgan fingerprint density at radius 2 is 1.68 bits per heavy atom. The van der Waals surface area contributed by atoms with Crippen LogP contribution in [-0.2, 0) is 16.1 Å². The highest BCUT2D eigenvalue weighted by molar-refractivity contribution is 6.01. The monoisotopic (exact) mass is 514 g/mol. The molecule has 1 amide bonds. The van der Waals surface area contributed by atoms with Crippen LogP contribution in [0.4, 0.5) is 4.39 Å². The number of likely N-dealkylation sites (tertiary alicyclic amines) is 1. The molecular weight excluding hydrogens is 487 g/mol. The number of hydrogen-bond acceptors (Lipinski definition) is 6. The minimum Gasteiger partial charge on any atom is -0.480 e. The van der Waals surface area contributed by atoms with Gasteiger partial charge in [0.25, 0.3) is 5.89 Å². The van der Waals surface area contributed by atoms with Gasteiger partial charge in [-0.25, -0.2) is 4.39 Å². The lowest BCUT2D eigenvalue weighted by molar-refractivity contribution is -0.159. The molecule has 2 heterocycles. The number of carbonyl (C=O) groups excluding carboxylic acids is 1.